The molecule has 0 bridgehead atoms. The minimum atomic E-state index is -1.54. The first-order valence-corrected chi connectivity index (χ1v) is 10.2. The molecule has 0 radical (unpaired) electrons. The van der Waals surface area contributed by atoms with Crippen LogP contribution >= 0.6 is 0 Å². The van der Waals surface area contributed by atoms with Crippen molar-refractivity contribution < 1.29 is 18.4 Å². The van der Waals surface area contributed by atoms with Crippen LogP contribution in [0.3, 0.4) is 0 Å². The van der Waals surface area contributed by atoms with E-state index in [0.717, 1.165) is 25.1 Å². The lowest BCUT2D eigenvalue weighted by molar-refractivity contribution is -0.124. The lowest BCUT2D eigenvalue weighted by Gasteiger charge is -2.27. The molecule has 2 aromatic heterocycles. The van der Waals surface area contributed by atoms with E-state index in [1.165, 1.54) is 25.3 Å². The highest BCUT2D eigenvalue weighted by Gasteiger charge is 2.36. The van der Waals surface area contributed by atoms with Crippen molar-refractivity contribution in [2.24, 2.45) is 5.92 Å². The number of nitriles is 1. The monoisotopic (exact) mass is 437 g/mol. The third-order valence-corrected chi connectivity index (χ3v) is 5.62. The summed E-state index contributed by atoms with van der Waals surface area (Å²) in [6.45, 7) is 1.44. The van der Waals surface area contributed by atoms with Crippen LogP contribution in [-0.2, 0) is 10.3 Å². The number of nitrogens with one attached hydrogen (secondary N) is 3. The van der Waals surface area contributed by atoms with Gasteiger partial charge in [0.2, 0.25) is 5.91 Å². The summed E-state index contributed by atoms with van der Waals surface area (Å²) in [6.07, 6.45) is 4.60. The highest BCUT2D eigenvalue weighted by Crippen LogP contribution is 2.34. The van der Waals surface area contributed by atoms with Crippen LogP contribution in [0.5, 0.6) is 0 Å². The van der Waals surface area contributed by atoms with E-state index in [1.54, 1.807) is 12.1 Å². The predicted octanol–water partition coefficient (Wildman–Crippen LogP) is 3.29. The summed E-state index contributed by atoms with van der Waals surface area (Å²) in [5, 5.41) is 15.5. The molecule has 164 valence electrons. The smallest absolute Gasteiger partial charge is 0.268 e. The van der Waals surface area contributed by atoms with Crippen molar-refractivity contribution >= 4 is 22.7 Å². The topological polar surface area (TPSA) is 111 Å². The van der Waals surface area contributed by atoms with Crippen LogP contribution in [0, 0.1) is 28.9 Å². The first-order valence-electron chi connectivity index (χ1n) is 10.2. The van der Waals surface area contributed by atoms with Gasteiger partial charge in [-0.3, -0.25) is 14.6 Å². The molecule has 4 rings (SSSR count). The van der Waals surface area contributed by atoms with E-state index in [0.29, 0.717) is 11.8 Å². The van der Waals surface area contributed by atoms with Gasteiger partial charge in [0.05, 0.1) is 17.8 Å². The van der Waals surface area contributed by atoms with Gasteiger partial charge in [0, 0.05) is 17.1 Å². The summed E-state index contributed by atoms with van der Waals surface area (Å²) < 4.78 is 27.6. The second kappa shape index (κ2) is 8.38. The summed E-state index contributed by atoms with van der Waals surface area (Å²) in [5.74, 6) is -1.96. The number of para-hydroxylation sites is 1. The van der Waals surface area contributed by atoms with Gasteiger partial charge in [0.25, 0.3) is 5.91 Å². The van der Waals surface area contributed by atoms with E-state index in [4.69, 9.17) is 0 Å². The number of fused-ring (bicyclic) bond motifs is 1. The van der Waals surface area contributed by atoms with Crippen molar-refractivity contribution in [3.63, 3.8) is 0 Å². The maximum atomic E-state index is 14.0. The number of halogens is 2. The molecule has 1 fully saturated rings. The molecule has 1 unspecified atom stereocenters. The maximum Gasteiger partial charge on any atom is 0.268 e. The molecule has 2 amide bonds. The van der Waals surface area contributed by atoms with Crippen LogP contribution in [-0.4, -0.2) is 27.8 Å². The number of rotatable bonds is 7. The number of hydrogen-bond donors (Lipinski definition) is 3. The van der Waals surface area contributed by atoms with Gasteiger partial charge in [-0.05, 0) is 37.5 Å². The van der Waals surface area contributed by atoms with Crippen molar-refractivity contribution in [3.05, 3.63) is 65.6 Å². The molecule has 32 heavy (non-hydrogen) atoms. The highest BCUT2D eigenvalue weighted by molar-refractivity contribution is 6.00. The lowest BCUT2D eigenvalue weighted by atomic mass is 9.94. The Hall–Kier alpha value is -3.80. The number of carbonyl (C=O) groups excluding carboxylic acids is 2. The average molecular weight is 437 g/mol. The third kappa shape index (κ3) is 4.44. The molecular weight excluding hydrogens is 416 g/mol. The standard InChI is InChI=1S/C23H21F2N5O2/c1-23(12-26,15-9-16(24)11-27-10-15)30-22(32)18(7-13-5-6-13)29-21(31)19-8-14-3-2-4-17(25)20(14)28-19/h2-4,8-11,13,18,28H,5-7H2,1H3,(H,29,31)(H,30,32)/t18-,23?/m0/s1. The Morgan fingerprint density at radius 2 is 2.09 bits per heavy atom. The minimum Gasteiger partial charge on any atom is -0.348 e. The van der Waals surface area contributed by atoms with Gasteiger partial charge in [-0.15, -0.1) is 0 Å². The Balaban J connectivity index is 1.54. The van der Waals surface area contributed by atoms with Crippen LogP contribution in [0.25, 0.3) is 10.9 Å². The van der Waals surface area contributed by atoms with E-state index in [2.05, 4.69) is 20.6 Å². The van der Waals surface area contributed by atoms with Crippen molar-refractivity contribution in [1.29, 1.82) is 5.26 Å². The molecular formula is C23H21F2N5O2. The van der Waals surface area contributed by atoms with Crippen molar-refractivity contribution in [3.8, 4) is 6.07 Å². The van der Waals surface area contributed by atoms with Gasteiger partial charge in [-0.2, -0.15) is 5.26 Å². The van der Waals surface area contributed by atoms with E-state index >= 15 is 0 Å². The number of aromatic nitrogens is 2. The Morgan fingerprint density at radius 1 is 1.31 bits per heavy atom. The van der Waals surface area contributed by atoms with Gasteiger partial charge in [0.15, 0.2) is 5.54 Å². The van der Waals surface area contributed by atoms with Crippen molar-refractivity contribution in [1.82, 2.24) is 20.6 Å². The Bertz CT molecular complexity index is 1230. The second-order valence-corrected chi connectivity index (χ2v) is 8.21. The molecule has 3 N–H and O–H groups in total. The zero-order valence-electron chi connectivity index (χ0n) is 17.3. The number of hydrogen-bond acceptors (Lipinski definition) is 4. The van der Waals surface area contributed by atoms with Gasteiger partial charge in [-0.25, -0.2) is 8.78 Å². The zero-order valence-corrected chi connectivity index (χ0v) is 17.3. The van der Waals surface area contributed by atoms with Gasteiger partial charge in [-0.1, -0.05) is 25.0 Å². The van der Waals surface area contributed by atoms with Crippen molar-refractivity contribution in [2.45, 2.75) is 37.8 Å². The first-order chi connectivity index (χ1) is 15.3. The molecule has 1 aromatic carbocycles. The molecule has 9 heteroatoms. The fraction of sp³-hybridized carbons (Fsp3) is 0.304. The van der Waals surface area contributed by atoms with E-state index in [-0.39, 0.29) is 22.7 Å². The quantitative estimate of drug-likeness (QED) is 0.527. The summed E-state index contributed by atoms with van der Waals surface area (Å²) >= 11 is 0. The van der Waals surface area contributed by atoms with Crippen LogP contribution in [0.1, 0.15) is 42.2 Å². The van der Waals surface area contributed by atoms with E-state index < -0.39 is 35.0 Å². The lowest BCUT2D eigenvalue weighted by Crippen LogP contribution is -2.52. The normalized spacial score (nSPS) is 16.1. The predicted molar refractivity (Wildman–Crippen MR) is 112 cm³/mol. The molecule has 2 atom stereocenters. The van der Waals surface area contributed by atoms with Crippen LogP contribution < -0.4 is 10.6 Å². The molecule has 0 aliphatic heterocycles. The number of H-pyrrole nitrogens is 1. The Labute approximate surface area is 182 Å². The number of benzene rings is 1. The van der Waals surface area contributed by atoms with Crippen LogP contribution in [0.4, 0.5) is 8.78 Å². The van der Waals surface area contributed by atoms with Gasteiger partial charge < -0.3 is 15.6 Å². The maximum absolute atomic E-state index is 14.0. The van der Waals surface area contributed by atoms with Crippen molar-refractivity contribution in [2.75, 3.05) is 0 Å². The number of nitrogens with zero attached hydrogens (tertiary/aromatic N) is 2. The molecule has 0 saturated heterocycles. The molecule has 1 aliphatic rings. The molecule has 0 spiro atoms. The SMILES string of the molecule is CC(C#N)(NC(=O)[C@H](CC1CC1)NC(=O)c1cc2cccc(F)c2[nH]1)c1cncc(F)c1. The van der Waals surface area contributed by atoms with Gasteiger partial charge in [0.1, 0.15) is 23.4 Å². The van der Waals surface area contributed by atoms with Crippen LogP contribution in [0.15, 0.2) is 42.7 Å². The minimum absolute atomic E-state index is 0.121. The molecule has 2 heterocycles. The Morgan fingerprint density at radius 3 is 2.75 bits per heavy atom. The second-order valence-electron chi connectivity index (χ2n) is 8.21. The molecule has 7 nitrogen and oxygen atoms in total. The molecule has 1 saturated carbocycles. The fourth-order valence-electron chi connectivity index (χ4n) is 3.58. The number of carbonyl (C=O) groups is 2. The summed E-state index contributed by atoms with van der Waals surface area (Å²) in [7, 11) is 0. The summed E-state index contributed by atoms with van der Waals surface area (Å²) in [6, 6.07) is 8.21. The largest absolute Gasteiger partial charge is 0.348 e. The number of pyridine rings is 1. The molecule has 1 aliphatic carbocycles. The average Bonchev–Trinajstić information content (AvgIpc) is 3.47. The Kier molecular flexibility index (Phi) is 5.61. The number of aromatic amines is 1. The fourth-order valence-corrected chi connectivity index (χ4v) is 3.58. The van der Waals surface area contributed by atoms with E-state index in [9.17, 15) is 23.6 Å². The van der Waals surface area contributed by atoms with Crippen LogP contribution in [0.2, 0.25) is 0 Å². The highest BCUT2D eigenvalue weighted by atomic mass is 19.1. The summed E-state index contributed by atoms with van der Waals surface area (Å²) in [5.41, 5.74) is -1.02. The summed E-state index contributed by atoms with van der Waals surface area (Å²) in [4.78, 5) is 32.4. The third-order valence-electron chi connectivity index (χ3n) is 5.62. The zero-order chi connectivity index (χ0) is 22.9. The molecule has 3 aromatic rings. The van der Waals surface area contributed by atoms with E-state index in [1.807, 2.05) is 6.07 Å². The number of amides is 2. The first kappa shape index (κ1) is 21.4. The van der Waals surface area contributed by atoms with Gasteiger partial charge >= 0.3 is 0 Å².